The predicted octanol–water partition coefficient (Wildman–Crippen LogP) is 2.84. The Hall–Kier alpha value is -3.33. The summed E-state index contributed by atoms with van der Waals surface area (Å²) in [6.45, 7) is 7.94. The molecule has 0 aliphatic rings. The molecule has 3 rings (SSSR count). The van der Waals surface area contributed by atoms with Crippen molar-refractivity contribution in [2.45, 2.75) is 39.3 Å². The van der Waals surface area contributed by atoms with E-state index in [1.165, 1.54) is 13.3 Å². The summed E-state index contributed by atoms with van der Waals surface area (Å²) in [5, 5.41) is 3.18. The quantitative estimate of drug-likeness (QED) is 0.502. The molecule has 0 aromatic carbocycles. The van der Waals surface area contributed by atoms with Crippen molar-refractivity contribution in [3.05, 3.63) is 48.0 Å². The molecule has 0 aliphatic heterocycles. The molecule has 0 fully saturated rings. The van der Waals surface area contributed by atoms with Crippen molar-refractivity contribution in [2.75, 3.05) is 14.2 Å². The molecule has 3 aromatic rings. The second kappa shape index (κ2) is 9.93. The Kier molecular flexibility index (Phi) is 7.60. The van der Waals surface area contributed by atoms with E-state index in [4.69, 9.17) is 4.74 Å². The molecule has 1 atom stereocenters. The van der Waals surface area contributed by atoms with Crippen LogP contribution < -0.4 is 5.32 Å². The van der Waals surface area contributed by atoms with Gasteiger partial charge in [0.2, 0.25) is 0 Å². The van der Waals surface area contributed by atoms with Crippen molar-refractivity contribution in [3.8, 4) is 5.82 Å². The standard InChI is InChI=1S/C16H17N5O2.C5H10O2/c1-10(17-2)14-20-12-5-4-8-18-15(12)21(14)13-7-6-11(9-19-13)16(22)23-3;1-5(2,3)7-4-6/h4-10,17H,1-3H3;4H,1-3H3. The number of nitrogens with one attached hydrogen (secondary N) is 1. The van der Waals surface area contributed by atoms with E-state index >= 15 is 0 Å². The van der Waals surface area contributed by atoms with Crippen molar-refractivity contribution in [3.63, 3.8) is 0 Å². The van der Waals surface area contributed by atoms with Gasteiger partial charge < -0.3 is 14.8 Å². The molecule has 0 aliphatic carbocycles. The highest BCUT2D eigenvalue weighted by molar-refractivity contribution is 5.89. The lowest BCUT2D eigenvalue weighted by Crippen LogP contribution is -2.18. The summed E-state index contributed by atoms with van der Waals surface area (Å²) in [7, 11) is 3.21. The molecular formula is C21H27N5O4. The van der Waals surface area contributed by atoms with Crippen LogP contribution in [0.5, 0.6) is 0 Å². The number of methoxy groups -OCH3 is 1. The highest BCUT2D eigenvalue weighted by atomic mass is 16.5. The second-order valence-electron chi connectivity index (χ2n) is 7.39. The summed E-state index contributed by atoms with van der Waals surface area (Å²) >= 11 is 0. The minimum atomic E-state index is -0.415. The Balaban J connectivity index is 0.000000396. The summed E-state index contributed by atoms with van der Waals surface area (Å²) < 4.78 is 11.1. The molecule has 0 spiro atoms. The maximum Gasteiger partial charge on any atom is 0.339 e. The molecule has 9 heteroatoms. The third-order valence-corrected chi connectivity index (χ3v) is 4.06. The number of aromatic nitrogens is 4. The van der Waals surface area contributed by atoms with Crippen LogP contribution in [-0.4, -0.2) is 51.7 Å². The third kappa shape index (κ3) is 5.60. The van der Waals surface area contributed by atoms with Gasteiger partial charge in [-0.15, -0.1) is 0 Å². The molecular weight excluding hydrogens is 386 g/mol. The Labute approximate surface area is 175 Å². The molecule has 0 radical (unpaired) electrons. The SMILES string of the molecule is CC(C)(C)OC=O.CNC(C)c1nc2cccnc2n1-c1ccc(C(=O)OC)cn1. The van der Waals surface area contributed by atoms with Gasteiger partial charge in [-0.25, -0.2) is 19.7 Å². The second-order valence-corrected chi connectivity index (χ2v) is 7.39. The minimum absolute atomic E-state index is 0.0197. The lowest BCUT2D eigenvalue weighted by atomic mass is 10.2. The van der Waals surface area contributed by atoms with Gasteiger partial charge in [-0.3, -0.25) is 9.36 Å². The summed E-state index contributed by atoms with van der Waals surface area (Å²) in [6, 6.07) is 7.21. The lowest BCUT2D eigenvalue weighted by Gasteiger charge is -2.14. The average molecular weight is 413 g/mol. The topological polar surface area (TPSA) is 108 Å². The fourth-order valence-corrected chi connectivity index (χ4v) is 2.48. The smallest absolute Gasteiger partial charge is 0.339 e. The first kappa shape index (κ1) is 23.0. The number of ether oxygens (including phenoxy) is 2. The van der Waals surface area contributed by atoms with Gasteiger partial charge in [-0.1, -0.05) is 0 Å². The number of rotatable bonds is 5. The number of pyridine rings is 2. The van der Waals surface area contributed by atoms with E-state index in [1.807, 2.05) is 51.4 Å². The molecule has 3 aromatic heterocycles. The van der Waals surface area contributed by atoms with E-state index < -0.39 is 5.97 Å². The Morgan fingerprint density at radius 2 is 1.97 bits per heavy atom. The normalized spacial score (nSPS) is 11.9. The van der Waals surface area contributed by atoms with Crippen LogP contribution in [0.1, 0.15) is 49.9 Å². The van der Waals surface area contributed by atoms with Crippen LogP contribution in [0.25, 0.3) is 17.0 Å². The fourth-order valence-electron chi connectivity index (χ4n) is 2.48. The number of imidazole rings is 1. The first-order chi connectivity index (χ1) is 14.2. The van der Waals surface area contributed by atoms with Gasteiger partial charge in [0, 0.05) is 12.4 Å². The van der Waals surface area contributed by atoms with E-state index in [1.54, 1.807) is 18.3 Å². The zero-order valence-corrected chi connectivity index (χ0v) is 18.0. The third-order valence-electron chi connectivity index (χ3n) is 4.06. The first-order valence-electron chi connectivity index (χ1n) is 9.38. The van der Waals surface area contributed by atoms with Crippen molar-refractivity contribution >= 4 is 23.6 Å². The maximum absolute atomic E-state index is 11.5. The number of carbonyl (C=O) groups excluding carboxylic acids is 2. The van der Waals surface area contributed by atoms with Crippen LogP contribution in [0.4, 0.5) is 0 Å². The number of esters is 1. The molecule has 0 amide bonds. The molecule has 9 nitrogen and oxygen atoms in total. The number of nitrogens with zero attached hydrogens (tertiary/aromatic N) is 4. The largest absolute Gasteiger partial charge is 0.465 e. The van der Waals surface area contributed by atoms with Crippen LogP contribution in [0.3, 0.4) is 0 Å². The summed E-state index contributed by atoms with van der Waals surface area (Å²) in [5.41, 5.74) is 1.60. The molecule has 0 saturated carbocycles. The number of carbonyl (C=O) groups is 2. The van der Waals surface area contributed by atoms with Crippen molar-refractivity contribution in [1.82, 2.24) is 24.8 Å². The molecule has 0 saturated heterocycles. The molecule has 1 unspecified atom stereocenters. The summed E-state index contributed by atoms with van der Waals surface area (Å²) in [6.07, 6.45) is 3.21. The summed E-state index contributed by atoms with van der Waals surface area (Å²) in [5.74, 6) is 1.04. The van der Waals surface area contributed by atoms with Crippen LogP contribution in [0.15, 0.2) is 36.7 Å². The van der Waals surface area contributed by atoms with E-state index in [2.05, 4.69) is 25.0 Å². The van der Waals surface area contributed by atoms with Gasteiger partial charge in [0.1, 0.15) is 22.8 Å². The van der Waals surface area contributed by atoms with Crippen LogP contribution in [0, 0.1) is 0 Å². The van der Waals surface area contributed by atoms with Gasteiger partial charge in [0.25, 0.3) is 6.47 Å². The molecule has 30 heavy (non-hydrogen) atoms. The van der Waals surface area contributed by atoms with E-state index in [9.17, 15) is 9.59 Å². The van der Waals surface area contributed by atoms with Crippen LogP contribution in [0.2, 0.25) is 0 Å². The Morgan fingerprint density at radius 3 is 2.47 bits per heavy atom. The van der Waals surface area contributed by atoms with Gasteiger partial charge >= 0.3 is 5.97 Å². The number of hydrogen-bond acceptors (Lipinski definition) is 8. The highest BCUT2D eigenvalue weighted by Gasteiger charge is 2.18. The fraction of sp³-hybridized carbons (Fsp3) is 0.381. The minimum Gasteiger partial charge on any atom is -0.465 e. The van der Waals surface area contributed by atoms with E-state index in [0.717, 1.165) is 17.0 Å². The zero-order chi connectivity index (χ0) is 22.3. The van der Waals surface area contributed by atoms with Crippen LogP contribution >= 0.6 is 0 Å². The van der Waals surface area contributed by atoms with Crippen molar-refractivity contribution < 1.29 is 19.1 Å². The highest BCUT2D eigenvalue weighted by Crippen LogP contribution is 2.22. The summed E-state index contributed by atoms with van der Waals surface area (Å²) in [4.78, 5) is 34.6. The van der Waals surface area contributed by atoms with Gasteiger partial charge in [-0.05, 0) is 59.0 Å². The van der Waals surface area contributed by atoms with Crippen molar-refractivity contribution in [2.24, 2.45) is 0 Å². The number of fused-ring (bicyclic) bond motifs is 1. The van der Waals surface area contributed by atoms with Gasteiger partial charge in [-0.2, -0.15) is 0 Å². The Bertz CT molecular complexity index is 993. The molecule has 3 heterocycles. The predicted molar refractivity (Wildman–Crippen MR) is 112 cm³/mol. The van der Waals surface area contributed by atoms with Crippen molar-refractivity contribution in [1.29, 1.82) is 0 Å². The van der Waals surface area contributed by atoms with Gasteiger partial charge in [0.15, 0.2) is 5.65 Å². The zero-order valence-electron chi connectivity index (χ0n) is 18.0. The Morgan fingerprint density at radius 1 is 1.23 bits per heavy atom. The lowest BCUT2D eigenvalue weighted by molar-refractivity contribution is -0.138. The van der Waals surface area contributed by atoms with Crippen LogP contribution in [-0.2, 0) is 14.3 Å². The van der Waals surface area contributed by atoms with Gasteiger partial charge in [0.05, 0.1) is 18.7 Å². The van der Waals surface area contributed by atoms with E-state index in [-0.39, 0.29) is 11.6 Å². The average Bonchev–Trinajstić information content (AvgIpc) is 3.12. The monoisotopic (exact) mass is 413 g/mol. The maximum atomic E-state index is 11.5. The molecule has 0 bridgehead atoms. The molecule has 160 valence electrons. The van der Waals surface area contributed by atoms with E-state index in [0.29, 0.717) is 17.9 Å². The molecule has 1 N–H and O–H groups in total. The number of hydrogen-bond donors (Lipinski definition) is 1. The first-order valence-corrected chi connectivity index (χ1v) is 9.38.